The number of thiophene rings is 1. The van der Waals surface area contributed by atoms with Gasteiger partial charge in [-0.25, -0.2) is 13.1 Å². The fraction of sp³-hybridized carbons (Fsp3) is 0.294. The molecule has 0 saturated carbocycles. The van der Waals surface area contributed by atoms with E-state index in [-0.39, 0.29) is 16.5 Å². The van der Waals surface area contributed by atoms with Crippen molar-refractivity contribution >= 4 is 56.4 Å². The Balaban J connectivity index is 1.72. The van der Waals surface area contributed by atoms with Crippen molar-refractivity contribution in [3.05, 3.63) is 51.3 Å². The molecule has 0 spiro atoms. The molecule has 1 aromatic carbocycles. The number of nitrogens with zero attached hydrogens (tertiary/aromatic N) is 1. The summed E-state index contributed by atoms with van der Waals surface area (Å²) in [4.78, 5) is 26.6. The van der Waals surface area contributed by atoms with Crippen LogP contribution < -0.4 is 4.72 Å². The minimum Gasteiger partial charge on any atom is -0.328 e. The van der Waals surface area contributed by atoms with Crippen molar-refractivity contribution in [2.45, 2.75) is 29.5 Å². The summed E-state index contributed by atoms with van der Waals surface area (Å²) in [6.45, 7) is 1.92. The average Bonchev–Trinajstić information content (AvgIpc) is 3.10. The van der Waals surface area contributed by atoms with Crippen molar-refractivity contribution in [3.8, 4) is 0 Å². The van der Waals surface area contributed by atoms with Gasteiger partial charge in [-0.3, -0.25) is 9.59 Å². The second-order valence-electron chi connectivity index (χ2n) is 6.35. The molecule has 0 bridgehead atoms. The van der Waals surface area contributed by atoms with E-state index >= 15 is 0 Å². The van der Waals surface area contributed by atoms with Gasteiger partial charge in [0.15, 0.2) is 0 Å². The van der Waals surface area contributed by atoms with Crippen LogP contribution >= 0.6 is 34.5 Å². The van der Waals surface area contributed by atoms with E-state index in [2.05, 4.69) is 4.72 Å². The molecule has 2 heterocycles. The van der Waals surface area contributed by atoms with Gasteiger partial charge in [0.2, 0.25) is 5.91 Å². The highest BCUT2D eigenvalue weighted by atomic mass is 35.5. The quantitative estimate of drug-likeness (QED) is 0.764. The number of hydrogen-bond donors (Lipinski definition) is 1. The zero-order valence-electron chi connectivity index (χ0n) is 14.2. The minimum atomic E-state index is -3.95. The van der Waals surface area contributed by atoms with Gasteiger partial charge in [-0.1, -0.05) is 35.3 Å². The van der Waals surface area contributed by atoms with Crippen LogP contribution in [0.1, 0.15) is 18.9 Å². The van der Waals surface area contributed by atoms with E-state index < -0.39 is 21.5 Å². The Kier molecular flexibility index (Phi) is 5.54. The summed E-state index contributed by atoms with van der Waals surface area (Å²) in [6, 6.07) is 7.82. The number of amides is 2. The maximum Gasteiger partial charge on any atom is 0.273 e. The molecule has 1 aliphatic heterocycles. The monoisotopic (exact) mass is 446 g/mol. The van der Waals surface area contributed by atoms with E-state index in [9.17, 15) is 18.0 Å². The zero-order valence-corrected chi connectivity index (χ0v) is 17.4. The molecule has 144 valence electrons. The van der Waals surface area contributed by atoms with Gasteiger partial charge in [0.05, 0.1) is 6.42 Å². The van der Waals surface area contributed by atoms with E-state index in [0.29, 0.717) is 28.6 Å². The van der Waals surface area contributed by atoms with Crippen molar-refractivity contribution in [2.24, 2.45) is 0 Å². The Morgan fingerprint density at radius 1 is 1.30 bits per heavy atom. The SMILES string of the molecule is CC1(C(=O)NS(=O)(=O)c2cccs2)CCN1C(=O)Cc1ccc(Cl)cc1Cl. The van der Waals surface area contributed by atoms with E-state index in [4.69, 9.17) is 23.2 Å². The lowest BCUT2D eigenvalue weighted by Crippen LogP contribution is -2.68. The van der Waals surface area contributed by atoms with E-state index in [0.717, 1.165) is 11.3 Å². The molecule has 0 aliphatic carbocycles. The topological polar surface area (TPSA) is 83.6 Å². The lowest BCUT2D eigenvalue weighted by molar-refractivity contribution is -0.156. The van der Waals surface area contributed by atoms with Crippen LogP contribution in [-0.2, 0) is 26.0 Å². The van der Waals surface area contributed by atoms with Crippen molar-refractivity contribution < 1.29 is 18.0 Å². The molecule has 6 nitrogen and oxygen atoms in total. The van der Waals surface area contributed by atoms with Crippen molar-refractivity contribution in [1.82, 2.24) is 9.62 Å². The summed E-state index contributed by atoms with van der Waals surface area (Å²) in [5.41, 5.74) is -0.632. The Morgan fingerprint density at radius 2 is 2.04 bits per heavy atom. The highest BCUT2D eigenvalue weighted by Gasteiger charge is 2.50. The fourth-order valence-electron chi connectivity index (χ4n) is 2.82. The lowest BCUT2D eigenvalue weighted by atomic mass is 9.85. The molecule has 2 aromatic rings. The molecule has 0 radical (unpaired) electrons. The van der Waals surface area contributed by atoms with Crippen molar-refractivity contribution in [3.63, 3.8) is 0 Å². The van der Waals surface area contributed by atoms with Crippen LogP contribution in [0.3, 0.4) is 0 Å². The predicted octanol–water partition coefficient (Wildman–Crippen LogP) is 3.09. The summed E-state index contributed by atoms with van der Waals surface area (Å²) < 4.78 is 26.7. The molecule has 1 saturated heterocycles. The number of hydrogen-bond acceptors (Lipinski definition) is 5. The van der Waals surface area contributed by atoms with Gasteiger partial charge in [-0.15, -0.1) is 11.3 Å². The highest BCUT2D eigenvalue weighted by molar-refractivity contribution is 7.92. The first kappa shape index (κ1) is 20.1. The summed E-state index contributed by atoms with van der Waals surface area (Å²) in [6.07, 6.45) is 0.370. The van der Waals surface area contributed by atoms with Crippen LogP contribution in [0, 0.1) is 0 Å². The molecule has 2 amide bonds. The van der Waals surface area contributed by atoms with Crippen LogP contribution in [0.25, 0.3) is 0 Å². The normalized spacial score (nSPS) is 19.4. The third-order valence-corrected chi connectivity index (χ3v) is 7.87. The van der Waals surface area contributed by atoms with Crippen molar-refractivity contribution in [2.75, 3.05) is 6.54 Å². The Hall–Kier alpha value is -1.61. The number of halogens is 2. The molecular weight excluding hydrogens is 431 g/mol. The van der Waals surface area contributed by atoms with Gasteiger partial charge in [0.1, 0.15) is 9.75 Å². The molecule has 10 heteroatoms. The average molecular weight is 447 g/mol. The van der Waals surface area contributed by atoms with Gasteiger partial charge in [0, 0.05) is 16.6 Å². The largest absolute Gasteiger partial charge is 0.328 e. The molecule has 1 aromatic heterocycles. The molecule has 1 aliphatic rings. The summed E-state index contributed by atoms with van der Waals surface area (Å²) in [7, 11) is -3.95. The Labute approximate surface area is 171 Å². The molecule has 3 rings (SSSR count). The van der Waals surface area contributed by atoms with E-state index in [1.54, 1.807) is 36.6 Å². The maximum absolute atomic E-state index is 12.7. The van der Waals surface area contributed by atoms with Crippen LogP contribution in [-0.4, -0.2) is 37.2 Å². The third-order valence-electron chi connectivity index (χ3n) is 4.55. The molecule has 27 heavy (non-hydrogen) atoms. The zero-order chi connectivity index (χ0) is 19.8. The summed E-state index contributed by atoms with van der Waals surface area (Å²) in [5.74, 6) is -1.03. The van der Waals surface area contributed by atoms with Gasteiger partial charge in [0.25, 0.3) is 15.9 Å². The molecular formula is C17H16Cl2N2O4S2. The number of benzene rings is 1. The number of carbonyl (C=O) groups is 2. The number of sulfonamides is 1. The number of rotatable bonds is 5. The lowest BCUT2D eigenvalue weighted by Gasteiger charge is -2.49. The summed E-state index contributed by atoms with van der Waals surface area (Å²) in [5, 5.41) is 2.43. The minimum absolute atomic E-state index is 0.00343. The number of carbonyl (C=O) groups excluding carboxylic acids is 2. The number of nitrogens with one attached hydrogen (secondary N) is 1. The van der Waals surface area contributed by atoms with Crippen LogP contribution in [0.2, 0.25) is 10.0 Å². The Bertz CT molecular complexity index is 992. The maximum atomic E-state index is 12.7. The van der Waals surface area contributed by atoms with Crippen LogP contribution in [0.15, 0.2) is 39.9 Å². The van der Waals surface area contributed by atoms with Gasteiger partial charge < -0.3 is 4.90 Å². The third kappa shape index (κ3) is 3.99. The second kappa shape index (κ2) is 7.43. The second-order valence-corrected chi connectivity index (χ2v) is 10.0. The van der Waals surface area contributed by atoms with Gasteiger partial charge >= 0.3 is 0 Å². The highest BCUT2D eigenvalue weighted by Crippen LogP contribution is 2.33. The molecule has 1 atom stereocenters. The van der Waals surface area contributed by atoms with E-state index in [1.165, 1.54) is 11.0 Å². The van der Waals surface area contributed by atoms with Crippen molar-refractivity contribution in [1.29, 1.82) is 0 Å². The molecule has 1 unspecified atom stereocenters. The summed E-state index contributed by atoms with van der Waals surface area (Å²) >= 11 is 13.0. The molecule has 1 fully saturated rings. The van der Waals surface area contributed by atoms with Crippen LogP contribution in [0.4, 0.5) is 0 Å². The predicted molar refractivity (Wildman–Crippen MR) is 105 cm³/mol. The standard InChI is InChI=1S/C17H16Cl2N2O4S2/c1-17(16(23)20-27(24,25)15-3-2-8-26-15)6-7-21(17)14(22)9-11-4-5-12(18)10-13(11)19/h2-5,8,10H,6-7,9H2,1H3,(H,20,23). The first-order valence-corrected chi connectivity index (χ1v) is 11.1. The molecule has 1 N–H and O–H groups in total. The first-order chi connectivity index (χ1) is 12.6. The van der Waals surface area contributed by atoms with E-state index in [1.807, 2.05) is 0 Å². The fourth-order valence-corrected chi connectivity index (χ4v) is 5.36. The number of likely N-dealkylation sites (tertiary alicyclic amines) is 1. The van der Waals surface area contributed by atoms with Crippen LogP contribution in [0.5, 0.6) is 0 Å². The Morgan fingerprint density at radius 3 is 2.59 bits per heavy atom. The smallest absolute Gasteiger partial charge is 0.273 e. The van der Waals surface area contributed by atoms with Gasteiger partial charge in [-0.2, -0.15) is 0 Å². The van der Waals surface area contributed by atoms with Gasteiger partial charge in [-0.05, 0) is 42.5 Å². The first-order valence-electron chi connectivity index (χ1n) is 7.99.